The molecule has 1 unspecified atom stereocenters. The van der Waals surface area contributed by atoms with Gasteiger partial charge in [0, 0.05) is 12.4 Å². The first-order valence-corrected chi connectivity index (χ1v) is 12.2. The zero-order valence-corrected chi connectivity index (χ0v) is 21.0. The number of pyridine rings is 1. The van der Waals surface area contributed by atoms with Crippen molar-refractivity contribution >= 4 is 17.7 Å². The zero-order valence-electron chi connectivity index (χ0n) is 21.0. The SMILES string of the molecule is CC(C)OC(=O)C(Cc1ccc(N)nc1)c1cn(CC(=O)NC(c2ccccc2)c2ccccc2)cn1. The highest BCUT2D eigenvalue weighted by molar-refractivity contribution is 5.78. The molecule has 190 valence electrons. The maximum Gasteiger partial charge on any atom is 0.315 e. The van der Waals surface area contributed by atoms with Crippen LogP contribution >= 0.6 is 0 Å². The van der Waals surface area contributed by atoms with E-state index in [4.69, 9.17) is 10.5 Å². The predicted octanol–water partition coefficient (Wildman–Crippen LogP) is 4.04. The van der Waals surface area contributed by atoms with Crippen LogP contribution in [-0.4, -0.2) is 32.5 Å². The Kier molecular flexibility index (Phi) is 8.30. The second-order valence-corrected chi connectivity index (χ2v) is 9.13. The quantitative estimate of drug-likeness (QED) is 0.320. The van der Waals surface area contributed by atoms with Crippen molar-refractivity contribution in [3.05, 3.63) is 114 Å². The van der Waals surface area contributed by atoms with Gasteiger partial charge in [-0.3, -0.25) is 9.59 Å². The average Bonchev–Trinajstić information content (AvgIpc) is 3.35. The number of esters is 1. The third kappa shape index (κ3) is 7.04. The third-order valence-corrected chi connectivity index (χ3v) is 5.83. The number of amides is 1. The van der Waals surface area contributed by atoms with E-state index in [9.17, 15) is 9.59 Å². The molecule has 2 aromatic carbocycles. The number of nitrogens with two attached hydrogens (primary N) is 1. The standard InChI is InChI=1S/C29H31N5O3/c1-20(2)37-29(36)24(15-21-13-14-26(30)31-16-21)25-17-34(19-32-25)18-27(35)33-28(22-9-5-3-6-10-22)23-11-7-4-8-12-23/h3-14,16-17,19-20,24,28H,15,18H2,1-2H3,(H2,30,31)(H,33,35). The lowest BCUT2D eigenvalue weighted by Gasteiger charge is -2.20. The van der Waals surface area contributed by atoms with Crippen LogP contribution in [0.4, 0.5) is 5.82 Å². The summed E-state index contributed by atoms with van der Waals surface area (Å²) in [5, 5.41) is 3.13. The van der Waals surface area contributed by atoms with Gasteiger partial charge in [0.05, 0.1) is 24.2 Å². The van der Waals surface area contributed by atoms with Crippen LogP contribution in [0.1, 0.15) is 48.2 Å². The molecule has 0 saturated carbocycles. The van der Waals surface area contributed by atoms with E-state index in [1.807, 2.05) is 66.7 Å². The van der Waals surface area contributed by atoms with Crippen LogP contribution in [0.15, 0.2) is 91.5 Å². The van der Waals surface area contributed by atoms with Crippen LogP contribution in [0.5, 0.6) is 0 Å². The molecule has 4 aromatic rings. The molecule has 0 radical (unpaired) electrons. The van der Waals surface area contributed by atoms with E-state index in [0.29, 0.717) is 17.9 Å². The average molecular weight is 498 g/mol. The van der Waals surface area contributed by atoms with E-state index in [-0.39, 0.29) is 30.6 Å². The van der Waals surface area contributed by atoms with Crippen molar-refractivity contribution in [2.75, 3.05) is 5.73 Å². The monoisotopic (exact) mass is 497 g/mol. The number of carbonyl (C=O) groups excluding carboxylic acids is 2. The minimum atomic E-state index is -0.640. The number of carbonyl (C=O) groups is 2. The van der Waals surface area contributed by atoms with Gasteiger partial charge in [0.2, 0.25) is 5.91 Å². The van der Waals surface area contributed by atoms with Gasteiger partial charge in [-0.1, -0.05) is 66.7 Å². The number of aromatic nitrogens is 3. The molecule has 3 N–H and O–H groups in total. The number of benzene rings is 2. The van der Waals surface area contributed by atoms with Gasteiger partial charge in [0.25, 0.3) is 0 Å². The number of ether oxygens (including phenoxy) is 1. The summed E-state index contributed by atoms with van der Waals surface area (Å²) in [6.07, 6.45) is 5.01. The lowest BCUT2D eigenvalue weighted by Crippen LogP contribution is -2.32. The molecule has 4 rings (SSSR count). The first-order chi connectivity index (χ1) is 17.9. The van der Waals surface area contributed by atoms with Crippen LogP contribution in [-0.2, 0) is 27.3 Å². The Labute approximate surface area is 216 Å². The first-order valence-electron chi connectivity index (χ1n) is 12.2. The summed E-state index contributed by atoms with van der Waals surface area (Å²) < 4.78 is 7.17. The summed E-state index contributed by atoms with van der Waals surface area (Å²) in [6.45, 7) is 3.66. The number of imidazole rings is 1. The molecule has 37 heavy (non-hydrogen) atoms. The lowest BCUT2D eigenvalue weighted by molar-refractivity contribution is -0.149. The van der Waals surface area contributed by atoms with Gasteiger partial charge in [-0.25, -0.2) is 9.97 Å². The number of nitrogens with zero attached hydrogens (tertiary/aromatic N) is 3. The predicted molar refractivity (Wildman–Crippen MR) is 141 cm³/mol. The summed E-state index contributed by atoms with van der Waals surface area (Å²) in [4.78, 5) is 34.6. The summed E-state index contributed by atoms with van der Waals surface area (Å²) >= 11 is 0. The highest BCUT2D eigenvalue weighted by atomic mass is 16.5. The van der Waals surface area contributed by atoms with Crippen molar-refractivity contribution in [3.63, 3.8) is 0 Å². The third-order valence-electron chi connectivity index (χ3n) is 5.83. The molecule has 0 aliphatic heterocycles. The van der Waals surface area contributed by atoms with Crippen LogP contribution < -0.4 is 11.1 Å². The van der Waals surface area contributed by atoms with E-state index in [1.165, 1.54) is 0 Å². The Morgan fingerprint density at radius 1 is 0.946 bits per heavy atom. The number of hydrogen-bond donors (Lipinski definition) is 2. The molecule has 2 heterocycles. The van der Waals surface area contributed by atoms with E-state index in [2.05, 4.69) is 15.3 Å². The van der Waals surface area contributed by atoms with Gasteiger partial charge in [0.1, 0.15) is 18.3 Å². The van der Waals surface area contributed by atoms with Gasteiger partial charge >= 0.3 is 5.97 Å². The molecule has 8 nitrogen and oxygen atoms in total. The van der Waals surface area contributed by atoms with Crippen molar-refractivity contribution < 1.29 is 14.3 Å². The van der Waals surface area contributed by atoms with Crippen LogP contribution in [0.2, 0.25) is 0 Å². The fourth-order valence-corrected chi connectivity index (χ4v) is 4.08. The molecular weight excluding hydrogens is 466 g/mol. The van der Waals surface area contributed by atoms with E-state index in [1.54, 1.807) is 43.2 Å². The highest BCUT2D eigenvalue weighted by Crippen LogP contribution is 2.24. The number of nitrogen functional groups attached to an aromatic ring is 1. The number of anilines is 1. The van der Waals surface area contributed by atoms with Gasteiger partial charge in [-0.05, 0) is 43.0 Å². The fourth-order valence-electron chi connectivity index (χ4n) is 4.08. The minimum Gasteiger partial charge on any atom is -0.462 e. The van der Waals surface area contributed by atoms with Crippen molar-refractivity contribution in [1.82, 2.24) is 19.9 Å². The van der Waals surface area contributed by atoms with Gasteiger partial charge < -0.3 is 20.4 Å². The van der Waals surface area contributed by atoms with E-state index in [0.717, 1.165) is 16.7 Å². The summed E-state index contributed by atoms with van der Waals surface area (Å²) in [7, 11) is 0. The second-order valence-electron chi connectivity index (χ2n) is 9.13. The molecule has 0 spiro atoms. The Balaban J connectivity index is 1.50. The van der Waals surface area contributed by atoms with Crippen molar-refractivity contribution in [3.8, 4) is 0 Å². The Morgan fingerprint density at radius 2 is 1.59 bits per heavy atom. The molecule has 0 aliphatic carbocycles. The van der Waals surface area contributed by atoms with Crippen LogP contribution in [0, 0.1) is 0 Å². The largest absolute Gasteiger partial charge is 0.462 e. The zero-order chi connectivity index (χ0) is 26.2. The summed E-state index contributed by atoms with van der Waals surface area (Å²) in [5.41, 5.74) is 9.03. The Morgan fingerprint density at radius 3 is 2.16 bits per heavy atom. The highest BCUT2D eigenvalue weighted by Gasteiger charge is 2.26. The Bertz CT molecular complexity index is 1260. The topological polar surface area (TPSA) is 112 Å². The van der Waals surface area contributed by atoms with Crippen LogP contribution in [0.25, 0.3) is 0 Å². The molecule has 0 bridgehead atoms. The molecule has 0 fully saturated rings. The second kappa shape index (κ2) is 12.0. The first kappa shape index (κ1) is 25.6. The number of hydrogen-bond acceptors (Lipinski definition) is 6. The van der Waals surface area contributed by atoms with Gasteiger partial charge in [-0.15, -0.1) is 0 Å². The lowest BCUT2D eigenvalue weighted by atomic mass is 9.97. The number of nitrogens with one attached hydrogen (secondary N) is 1. The summed E-state index contributed by atoms with van der Waals surface area (Å²) in [5.74, 6) is -0.788. The smallest absolute Gasteiger partial charge is 0.315 e. The van der Waals surface area contributed by atoms with Crippen LogP contribution in [0.3, 0.4) is 0 Å². The van der Waals surface area contributed by atoms with Gasteiger partial charge in [0.15, 0.2) is 0 Å². The molecule has 0 saturated heterocycles. The molecule has 2 aromatic heterocycles. The van der Waals surface area contributed by atoms with Crippen molar-refractivity contribution in [2.45, 2.75) is 44.9 Å². The van der Waals surface area contributed by atoms with Crippen molar-refractivity contribution in [2.24, 2.45) is 0 Å². The number of rotatable bonds is 10. The molecular formula is C29H31N5O3. The molecule has 1 atom stereocenters. The van der Waals surface area contributed by atoms with E-state index >= 15 is 0 Å². The maximum absolute atomic E-state index is 13.1. The van der Waals surface area contributed by atoms with Gasteiger partial charge in [-0.2, -0.15) is 0 Å². The normalized spacial score (nSPS) is 11.9. The molecule has 8 heteroatoms. The van der Waals surface area contributed by atoms with Crippen molar-refractivity contribution in [1.29, 1.82) is 0 Å². The minimum absolute atomic E-state index is 0.0541. The summed E-state index contributed by atoms with van der Waals surface area (Å²) in [6, 6.07) is 22.9. The molecule has 0 aliphatic rings. The maximum atomic E-state index is 13.1. The Hall–Kier alpha value is -4.46. The molecule has 1 amide bonds. The fraction of sp³-hybridized carbons (Fsp3) is 0.241. The van der Waals surface area contributed by atoms with E-state index < -0.39 is 5.92 Å².